The lowest BCUT2D eigenvalue weighted by Gasteiger charge is -2.13. The smallest absolute Gasteiger partial charge is 0.340 e. The van der Waals surface area contributed by atoms with Gasteiger partial charge in [-0.1, -0.05) is 0 Å². The number of anilines is 1. The van der Waals surface area contributed by atoms with Gasteiger partial charge in [-0.25, -0.2) is 13.6 Å². The normalized spacial score (nSPS) is 11.1. The molecule has 0 atom stereocenters. The van der Waals surface area contributed by atoms with Gasteiger partial charge < -0.3 is 15.2 Å². The van der Waals surface area contributed by atoms with Gasteiger partial charge >= 0.3 is 5.97 Å². The van der Waals surface area contributed by atoms with E-state index in [0.29, 0.717) is 0 Å². The Morgan fingerprint density at radius 2 is 2.12 bits per heavy atom. The van der Waals surface area contributed by atoms with E-state index in [1.807, 2.05) is 0 Å². The third-order valence-corrected chi connectivity index (χ3v) is 1.92. The lowest BCUT2D eigenvalue weighted by molar-refractivity contribution is -0.0229. The standard InChI is InChI=1S/C11H13F2NO3/c1-11(12,13)6-17-7-3-4-9(14)8(5-7)10(15)16-2/h3-5H,6,14H2,1-2H3. The van der Waals surface area contributed by atoms with Crippen molar-refractivity contribution in [3.05, 3.63) is 23.8 Å². The number of ether oxygens (including phenoxy) is 2. The number of halogens is 2. The van der Waals surface area contributed by atoms with E-state index in [4.69, 9.17) is 10.5 Å². The topological polar surface area (TPSA) is 61.5 Å². The van der Waals surface area contributed by atoms with Crippen molar-refractivity contribution < 1.29 is 23.0 Å². The van der Waals surface area contributed by atoms with Crippen LogP contribution in [-0.2, 0) is 4.74 Å². The fraction of sp³-hybridized carbons (Fsp3) is 0.364. The second-order valence-electron chi connectivity index (χ2n) is 3.60. The zero-order chi connectivity index (χ0) is 13.1. The summed E-state index contributed by atoms with van der Waals surface area (Å²) in [5, 5.41) is 0. The van der Waals surface area contributed by atoms with Gasteiger partial charge in [0.1, 0.15) is 5.75 Å². The maximum absolute atomic E-state index is 12.6. The zero-order valence-corrected chi connectivity index (χ0v) is 9.50. The van der Waals surface area contributed by atoms with Crippen LogP contribution in [0, 0.1) is 0 Å². The third-order valence-electron chi connectivity index (χ3n) is 1.92. The van der Waals surface area contributed by atoms with Crippen LogP contribution in [0.3, 0.4) is 0 Å². The SMILES string of the molecule is COC(=O)c1cc(OCC(C)(F)F)ccc1N. The molecule has 0 amide bonds. The fourth-order valence-electron chi connectivity index (χ4n) is 1.12. The van der Waals surface area contributed by atoms with Gasteiger partial charge in [0.15, 0.2) is 6.61 Å². The van der Waals surface area contributed by atoms with Gasteiger partial charge in [0.2, 0.25) is 0 Å². The van der Waals surface area contributed by atoms with Crippen LogP contribution in [0.4, 0.5) is 14.5 Å². The number of hydrogen-bond donors (Lipinski definition) is 1. The molecule has 0 aliphatic heterocycles. The van der Waals surface area contributed by atoms with E-state index in [2.05, 4.69) is 4.74 Å². The molecule has 94 valence electrons. The number of carbonyl (C=O) groups is 1. The summed E-state index contributed by atoms with van der Waals surface area (Å²) in [6, 6.07) is 4.08. The Kier molecular flexibility index (Phi) is 3.88. The fourth-order valence-corrected chi connectivity index (χ4v) is 1.12. The molecule has 17 heavy (non-hydrogen) atoms. The number of benzene rings is 1. The van der Waals surface area contributed by atoms with E-state index >= 15 is 0 Å². The predicted molar refractivity (Wildman–Crippen MR) is 58.3 cm³/mol. The molecule has 0 aliphatic carbocycles. The monoisotopic (exact) mass is 245 g/mol. The maximum Gasteiger partial charge on any atom is 0.340 e. The summed E-state index contributed by atoms with van der Waals surface area (Å²) in [5.74, 6) is -3.44. The van der Waals surface area contributed by atoms with Gasteiger partial charge in [-0.05, 0) is 18.2 Å². The first-order valence-electron chi connectivity index (χ1n) is 4.82. The minimum atomic E-state index is -2.94. The van der Waals surface area contributed by atoms with Crippen molar-refractivity contribution in [3.63, 3.8) is 0 Å². The van der Waals surface area contributed by atoms with Crippen LogP contribution in [0.15, 0.2) is 18.2 Å². The minimum absolute atomic E-state index is 0.0874. The maximum atomic E-state index is 12.6. The van der Waals surface area contributed by atoms with E-state index < -0.39 is 18.5 Å². The molecule has 0 unspecified atom stereocenters. The molecule has 0 aliphatic rings. The third kappa shape index (κ3) is 3.90. The largest absolute Gasteiger partial charge is 0.487 e. The molecule has 1 aromatic carbocycles. The Balaban J connectivity index is 2.86. The molecule has 1 rings (SSSR count). The van der Waals surface area contributed by atoms with Crippen molar-refractivity contribution >= 4 is 11.7 Å². The molecule has 0 heterocycles. The summed E-state index contributed by atoms with van der Waals surface area (Å²) in [7, 11) is 1.20. The van der Waals surface area contributed by atoms with Crippen molar-refractivity contribution in [1.82, 2.24) is 0 Å². The molecule has 2 N–H and O–H groups in total. The summed E-state index contributed by atoms with van der Waals surface area (Å²) in [6.07, 6.45) is 0. The van der Waals surface area contributed by atoms with E-state index in [-0.39, 0.29) is 17.0 Å². The highest BCUT2D eigenvalue weighted by atomic mass is 19.3. The summed E-state index contributed by atoms with van der Waals surface area (Å²) < 4.78 is 34.5. The van der Waals surface area contributed by atoms with Crippen LogP contribution < -0.4 is 10.5 Å². The van der Waals surface area contributed by atoms with Crippen LogP contribution in [0.2, 0.25) is 0 Å². The van der Waals surface area contributed by atoms with Crippen LogP contribution in [-0.4, -0.2) is 25.6 Å². The lowest BCUT2D eigenvalue weighted by atomic mass is 10.2. The van der Waals surface area contributed by atoms with E-state index in [9.17, 15) is 13.6 Å². The summed E-state index contributed by atoms with van der Waals surface area (Å²) in [5.41, 5.74) is 5.83. The Morgan fingerprint density at radius 1 is 1.47 bits per heavy atom. The number of nitrogen functional groups attached to an aromatic ring is 1. The molecule has 0 aromatic heterocycles. The molecule has 0 spiro atoms. The second kappa shape index (κ2) is 4.99. The van der Waals surface area contributed by atoms with Gasteiger partial charge in [-0.15, -0.1) is 0 Å². The van der Waals surface area contributed by atoms with Gasteiger partial charge in [0.05, 0.1) is 12.7 Å². The van der Waals surface area contributed by atoms with E-state index in [1.54, 1.807) is 0 Å². The minimum Gasteiger partial charge on any atom is -0.487 e. The molecular weight excluding hydrogens is 232 g/mol. The van der Waals surface area contributed by atoms with Gasteiger partial charge in [-0.2, -0.15) is 0 Å². The molecule has 0 saturated carbocycles. The average Bonchev–Trinajstić information content (AvgIpc) is 2.26. The molecule has 4 nitrogen and oxygen atoms in total. The highest BCUT2D eigenvalue weighted by molar-refractivity contribution is 5.95. The molecule has 0 saturated heterocycles. The Morgan fingerprint density at radius 3 is 2.65 bits per heavy atom. The number of nitrogens with two attached hydrogens (primary N) is 1. The van der Waals surface area contributed by atoms with Gasteiger partial charge in [0.25, 0.3) is 5.92 Å². The summed E-state index contributed by atoms with van der Waals surface area (Å²) >= 11 is 0. The summed E-state index contributed by atoms with van der Waals surface area (Å²) in [6.45, 7) is -0.0248. The number of alkyl halides is 2. The van der Waals surface area contributed by atoms with Crippen LogP contribution >= 0.6 is 0 Å². The van der Waals surface area contributed by atoms with Crippen molar-refractivity contribution in [2.75, 3.05) is 19.5 Å². The number of rotatable bonds is 4. The first-order valence-corrected chi connectivity index (χ1v) is 4.82. The Bertz CT molecular complexity index is 416. The van der Waals surface area contributed by atoms with Gasteiger partial charge in [-0.3, -0.25) is 0 Å². The van der Waals surface area contributed by atoms with Crippen LogP contribution in [0.5, 0.6) is 5.75 Å². The van der Waals surface area contributed by atoms with Gasteiger partial charge in [0, 0.05) is 12.6 Å². The van der Waals surface area contributed by atoms with Crippen LogP contribution in [0.25, 0.3) is 0 Å². The molecule has 0 fully saturated rings. The molecule has 6 heteroatoms. The lowest BCUT2D eigenvalue weighted by Crippen LogP contribution is -2.21. The highest BCUT2D eigenvalue weighted by Gasteiger charge is 2.22. The molecular formula is C11H13F2NO3. The number of esters is 1. The Labute approximate surface area is 97.3 Å². The quantitative estimate of drug-likeness (QED) is 0.651. The summed E-state index contributed by atoms with van der Waals surface area (Å²) in [4.78, 5) is 11.3. The zero-order valence-electron chi connectivity index (χ0n) is 9.50. The Hall–Kier alpha value is -1.85. The van der Waals surface area contributed by atoms with E-state index in [1.165, 1.54) is 25.3 Å². The molecule has 1 aromatic rings. The van der Waals surface area contributed by atoms with Crippen molar-refractivity contribution in [3.8, 4) is 5.75 Å². The predicted octanol–water partition coefficient (Wildman–Crippen LogP) is 2.09. The average molecular weight is 245 g/mol. The van der Waals surface area contributed by atoms with E-state index in [0.717, 1.165) is 6.92 Å². The first-order chi connectivity index (χ1) is 7.83. The van der Waals surface area contributed by atoms with Crippen LogP contribution in [0.1, 0.15) is 17.3 Å². The highest BCUT2D eigenvalue weighted by Crippen LogP contribution is 2.22. The second-order valence-corrected chi connectivity index (χ2v) is 3.60. The first kappa shape index (κ1) is 13.2. The number of carbonyl (C=O) groups excluding carboxylic acids is 1. The number of methoxy groups -OCH3 is 1. The van der Waals surface area contributed by atoms with Crippen molar-refractivity contribution in [2.45, 2.75) is 12.8 Å². The molecule has 0 radical (unpaired) electrons. The number of hydrogen-bond acceptors (Lipinski definition) is 4. The van der Waals surface area contributed by atoms with Crippen molar-refractivity contribution in [2.24, 2.45) is 0 Å². The van der Waals surface area contributed by atoms with Crippen molar-refractivity contribution in [1.29, 1.82) is 0 Å². The molecule has 0 bridgehead atoms.